The SMILES string of the molecule is O=C(Nc1cccc(CN2CCCCC2=O)c1)C1CCNCC1. The summed E-state index contributed by atoms with van der Waals surface area (Å²) in [6.07, 6.45) is 4.54. The van der Waals surface area contributed by atoms with Crippen LogP contribution in [0.15, 0.2) is 24.3 Å². The monoisotopic (exact) mass is 315 g/mol. The van der Waals surface area contributed by atoms with Gasteiger partial charge >= 0.3 is 0 Å². The molecule has 2 amide bonds. The molecule has 2 N–H and O–H groups in total. The second kappa shape index (κ2) is 7.59. The molecule has 5 heteroatoms. The molecule has 23 heavy (non-hydrogen) atoms. The van der Waals surface area contributed by atoms with Crippen LogP contribution in [0.4, 0.5) is 5.69 Å². The van der Waals surface area contributed by atoms with Crippen LogP contribution in [0.1, 0.15) is 37.7 Å². The Kier molecular flexibility index (Phi) is 5.28. The van der Waals surface area contributed by atoms with E-state index in [9.17, 15) is 9.59 Å². The smallest absolute Gasteiger partial charge is 0.227 e. The Hall–Kier alpha value is -1.88. The van der Waals surface area contributed by atoms with E-state index < -0.39 is 0 Å². The van der Waals surface area contributed by atoms with Gasteiger partial charge in [-0.3, -0.25) is 9.59 Å². The molecule has 0 aromatic heterocycles. The number of anilines is 1. The third-order valence-corrected chi connectivity index (χ3v) is 4.70. The maximum Gasteiger partial charge on any atom is 0.227 e. The molecule has 0 unspecified atom stereocenters. The Morgan fingerprint density at radius 1 is 1.26 bits per heavy atom. The molecule has 1 aromatic rings. The van der Waals surface area contributed by atoms with Gasteiger partial charge < -0.3 is 15.5 Å². The molecular weight excluding hydrogens is 290 g/mol. The fraction of sp³-hybridized carbons (Fsp3) is 0.556. The van der Waals surface area contributed by atoms with Crippen molar-refractivity contribution in [3.05, 3.63) is 29.8 Å². The van der Waals surface area contributed by atoms with E-state index in [4.69, 9.17) is 0 Å². The van der Waals surface area contributed by atoms with E-state index in [0.29, 0.717) is 13.0 Å². The lowest BCUT2D eigenvalue weighted by Crippen LogP contribution is -2.35. The Balaban J connectivity index is 1.60. The average Bonchev–Trinajstić information content (AvgIpc) is 2.58. The van der Waals surface area contributed by atoms with Crippen molar-refractivity contribution in [1.82, 2.24) is 10.2 Å². The molecule has 2 saturated heterocycles. The normalized spacial score (nSPS) is 19.7. The molecule has 0 saturated carbocycles. The summed E-state index contributed by atoms with van der Waals surface area (Å²) in [7, 11) is 0. The third kappa shape index (κ3) is 4.32. The van der Waals surface area contributed by atoms with Crippen molar-refractivity contribution in [3.63, 3.8) is 0 Å². The molecule has 2 heterocycles. The number of nitrogens with one attached hydrogen (secondary N) is 2. The first-order chi connectivity index (χ1) is 11.2. The minimum absolute atomic E-state index is 0.101. The highest BCUT2D eigenvalue weighted by molar-refractivity contribution is 5.92. The number of nitrogens with zero attached hydrogens (tertiary/aromatic N) is 1. The Labute approximate surface area is 137 Å². The minimum Gasteiger partial charge on any atom is -0.338 e. The van der Waals surface area contributed by atoms with Crippen molar-refractivity contribution in [1.29, 1.82) is 0 Å². The van der Waals surface area contributed by atoms with Gasteiger partial charge in [-0.2, -0.15) is 0 Å². The predicted molar refractivity (Wildman–Crippen MR) is 89.9 cm³/mol. The lowest BCUT2D eigenvalue weighted by molar-refractivity contribution is -0.133. The summed E-state index contributed by atoms with van der Waals surface area (Å²) in [5, 5.41) is 6.31. The van der Waals surface area contributed by atoms with Crippen molar-refractivity contribution in [2.45, 2.75) is 38.6 Å². The van der Waals surface area contributed by atoms with E-state index in [1.807, 2.05) is 29.2 Å². The van der Waals surface area contributed by atoms with Crippen molar-refractivity contribution < 1.29 is 9.59 Å². The van der Waals surface area contributed by atoms with Gasteiger partial charge in [0.05, 0.1) is 0 Å². The summed E-state index contributed by atoms with van der Waals surface area (Å²) >= 11 is 0. The van der Waals surface area contributed by atoms with E-state index in [2.05, 4.69) is 10.6 Å². The summed E-state index contributed by atoms with van der Waals surface area (Å²) in [6, 6.07) is 7.87. The molecule has 124 valence electrons. The van der Waals surface area contributed by atoms with Crippen molar-refractivity contribution in [3.8, 4) is 0 Å². The fourth-order valence-electron chi connectivity index (χ4n) is 3.33. The maximum absolute atomic E-state index is 12.3. The highest BCUT2D eigenvalue weighted by Crippen LogP contribution is 2.19. The van der Waals surface area contributed by atoms with Gasteiger partial charge in [0, 0.05) is 31.1 Å². The van der Waals surface area contributed by atoms with Crippen LogP contribution in [0.25, 0.3) is 0 Å². The van der Waals surface area contributed by atoms with Crippen LogP contribution in [-0.2, 0) is 16.1 Å². The second-order valence-corrected chi connectivity index (χ2v) is 6.49. The second-order valence-electron chi connectivity index (χ2n) is 6.49. The van der Waals surface area contributed by atoms with Gasteiger partial charge in [0.1, 0.15) is 0 Å². The van der Waals surface area contributed by atoms with Crippen LogP contribution in [0.3, 0.4) is 0 Å². The van der Waals surface area contributed by atoms with Crippen LogP contribution < -0.4 is 10.6 Å². The first kappa shape index (κ1) is 16.0. The quantitative estimate of drug-likeness (QED) is 0.895. The number of likely N-dealkylation sites (tertiary alicyclic amines) is 1. The standard InChI is InChI=1S/C18H25N3O2/c22-17-6-1-2-11-21(17)13-14-4-3-5-16(12-14)20-18(23)15-7-9-19-10-8-15/h3-5,12,15,19H,1-2,6-11,13H2,(H,20,23). The average molecular weight is 315 g/mol. The van der Waals surface area contributed by atoms with Gasteiger partial charge in [0.2, 0.25) is 11.8 Å². The van der Waals surface area contributed by atoms with E-state index in [1.54, 1.807) is 0 Å². The topological polar surface area (TPSA) is 61.4 Å². The number of hydrogen-bond acceptors (Lipinski definition) is 3. The largest absolute Gasteiger partial charge is 0.338 e. The van der Waals surface area contributed by atoms with Gasteiger partial charge in [0.25, 0.3) is 0 Å². The summed E-state index contributed by atoms with van der Waals surface area (Å²) in [6.45, 7) is 3.30. The molecule has 0 bridgehead atoms. The van der Waals surface area contributed by atoms with Crippen molar-refractivity contribution in [2.75, 3.05) is 25.0 Å². The first-order valence-corrected chi connectivity index (χ1v) is 8.61. The number of benzene rings is 1. The van der Waals surface area contributed by atoms with E-state index in [0.717, 1.165) is 56.6 Å². The van der Waals surface area contributed by atoms with E-state index in [1.165, 1.54) is 0 Å². The molecular formula is C18H25N3O2. The van der Waals surface area contributed by atoms with Crippen LogP contribution in [0.2, 0.25) is 0 Å². The minimum atomic E-state index is 0.101. The predicted octanol–water partition coefficient (Wildman–Crippen LogP) is 2.14. The Bertz CT molecular complexity index is 567. The molecule has 0 aliphatic carbocycles. The summed E-state index contributed by atoms with van der Waals surface area (Å²) in [5.74, 6) is 0.446. The zero-order chi connectivity index (χ0) is 16.1. The third-order valence-electron chi connectivity index (χ3n) is 4.70. The van der Waals surface area contributed by atoms with E-state index >= 15 is 0 Å². The molecule has 0 radical (unpaired) electrons. The number of rotatable bonds is 4. The number of amides is 2. The molecule has 2 fully saturated rings. The fourth-order valence-corrected chi connectivity index (χ4v) is 3.33. The lowest BCUT2D eigenvalue weighted by Gasteiger charge is -2.27. The first-order valence-electron chi connectivity index (χ1n) is 8.61. The summed E-state index contributed by atoms with van der Waals surface area (Å²) in [5.41, 5.74) is 1.90. The van der Waals surface area contributed by atoms with Crippen molar-refractivity contribution >= 4 is 17.5 Å². The molecule has 2 aliphatic rings. The number of carbonyl (C=O) groups is 2. The van der Waals surface area contributed by atoms with E-state index in [-0.39, 0.29) is 17.7 Å². The van der Waals surface area contributed by atoms with Gasteiger partial charge in [-0.25, -0.2) is 0 Å². The van der Waals surface area contributed by atoms with Crippen LogP contribution >= 0.6 is 0 Å². The number of carbonyl (C=O) groups excluding carboxylic acids is 2. The van der Waals surface area contributed by atoms with Crippen LogP contribution in [-0.4, -0.2) is 36.3 Å². The summed E-state index contributed by atoms with van der Waals surface area (Å²) < 4.78 is 0. The van der Waals surface area contributed by atoms with Gasteiger partial charge in [-0.05, 0) is 56.5 Å². The lowest BCUT2D eigenvalue weighted by atomic mass is 9.97. The maximum atomic E-state index is 12.3. The van der Waals surface area contributed by atoms with Crippen LogP contribution in [0, 0.1) is 5.92 Å². The molecule has 3 rings (SSSR count). The Morgan fingerprint density at radius 3 is 2.87 bits per heavy atom. The molecule has 2 aliphatic heterocycles. The number of piperidine rings is 2. The van der Waals surface area contributed by atoms with Gasteiger partial charge in [0.15, 0.2) is 0 Å². The molecule has 1 aromatic carbocycles. The van der Waals surface area contributed by atoms with Crippen molar-refractivity contribution in [2.24, 2.45) is 5.92 Å². The van der Waals surface area contributed by atoms with Gasteiger partial charge in [-0.1, -0.05) is 12.1 Å². The Morgan fingerprint density at radius 2 is 2.09 bits per heavy atom. The van der Waals surface area contributed by atoms with Crippen LogP contribution in [0.5, 0.6) is 0 Å². The zero-order valence-corrected chi connectivity index (χ0v) is 13.5. The molecule has 0 atom stereocenters. The molecule has 0 spiro atoms. The zero-order valence-electron chi connectivity index (χ0n) is 13.5. The highest BCUT2D eigenvalue weighted by atomic mass is 16.2. The number of hydrogen-bond donors (Lipinski definition) is 2. The molecule has 5 nitrogen and oxygen atoms in total. The van der Waals surface area contributed by atoms with Gasteiger partial charge in [-0.15, -0.1) is 0 Å². The highest BCUT2D eigenvalue weighted by Gasteiger charge is 2.21. The summed E-state index contributed by atoms with van der Waals surface area (Å²) in [4.78, 5) is 26.1.